The van der Waals surface area contributed by atoms with E-state index < -0.39 is 46.6 Å². The number of rotatable bonds is 2. The molecule has 0 aromatic heterocycles. The number of hydrogen-bond acceptors (Lipinski definition) is 2. The van der Waals surface area contributed by atoms with Crippen LogP contribution in [0.5, 0.6) is 0 Å². The molecule has 1 N–H and O–H groups in total. The van der Waals surface area contributed by atoms with Crippen molar-refractivity contribution in [1.82, 2.24) is 4.90 Å². The number of carboxylic acid groups (broad SMARTS) is 1. The number of benzene rings is 1. The van der Waals surface area contributed by atoms with Crippen molar-refractivity contribution in [3.8, 4) is 0 Å². The van der Waals surface area contributed by atoms with E-state index in [1.165, 1.54) is 0 Å². The zero-order chi connectivity index (χ0) is 15.9. The second kappa shape index (κ2) is 5.34. The van der Waals surface area contributed by atoms with E-state index in [9.17, 15) is 27.2 Å². The molecule has 21 heavy (non-hydrogen) atoms. The first-order chi connectivity index (χ1) is 9.73. The zero-order valence-corrected chi connectivity index (χ0v) is 10.9. The average molecular weight is 305 g/mol. The van der Waals surface area contributed by atoms with Crippen LogP contribution in [0.25, 0.3) is 0 Å². The fourth-order valence-electron chi connectivity index (χ4n) is 2.35. The molecule has 1 heterocycles. The Hall–Kier alpha value is -2.12. The van der Waals surface area contributed by atoms with Crippen molar-refractivity contribution in [1.29, 1.82) is 0 Å². The minimum atomic E-state index is -2.07. The topological polar surface area (TPSA) is 57.6 Å². The molecular formula is C13H11F4NO3. The van der Waals surface area contributed by atoms with E-state index in [1.54, 1.807) is 6.92 Å². The van der Waals surface area contributed by atoms with Gasteiger partial charge >= 0.3 is 5.97 Å². The second-order valence-corrected chi connectivity index (χ2v) is 4.98. The quantitative estimate of drug-likeness (QED) is 0.517. The molecule has 0 saturated carbocycles. The summed E-state index contributed by atoms with van der Waals surface area (Å²) in [6.07, 6.45) is 0. The van der Waals surface area contributed by atoms with Crippen LogP contribution >= 0.6 is 0 Å². The normalized spacial score (nSPS) is 21.7. The Balaban J connectivity index is 2.32. The van der Waals surface area contributed by atoms with Crippen LogP contribution in [0.3, 0.4) is 0 Å². The van der Waals surface area contributed by atoms with E-state index in [1.807, 2.05) is 0 Å². The Labute approximate surface area is 117 Å². The molecule has 1 amide bonds. The van der Waals surface area contributed by atoms with Crippen molar-refractivity contribution in [2.75, 3.05) is 13.1 Å². The highest BCUT2D eigenvalue weighted by molar-refractivity contribution is 5.95. The van der Waals surface area contributed by atoms with Crippen molar-refractivity contribution in [3.63, 3.8) is 0 Å². The van der Waals surface area contributed by atoms with Crippen LogP contribution in [-0.4, -0.2) is 35.0 Å². The summed E-state index contributed by atoms with van der Waals surface area (Å²) in [6, 6.07) is 0.273. The maximum absolute atomic E-state index is 13.6. The number of carbonyl (C=O) groups excluding carboxylic acids is 1. The summed E-state index contributed by atoms with van der Waals surface area (Å²) in [4.78, 5) is 24.0. The van der Waals surface area contributed by atoms with E-state index in [2.05, 4.69) is 0 Å². The molecule has 8 heteroatoms. The Morgan fingerprint density at radius 2 is 1.76 bits per heavy atom. The lowest BCUT2D eigenvalue weighted by Crippen LogP contribution is -2.31. The maximum atomic E-state index is 13.6. The number of likely N-dealkylation sites (tertiary alicyclic amines) is 1. The Kier molecular flexibility index (Phi) is 3.89. The van der Waals surface area contributed by atoms with Gasteiger partial charge < -0.3 is 10.0 Å². The first kappa shape index (κ1) is 15.3. The summed E-state index contributed by atoms with van der Waals surface area (Å²) in [7, 11) is 0. The SMILES string of the molecule is CC1CN(C(=O)c2cc(F)c(F)c(F)c2F)CC1C(=O)O. The van der Waals surface area contributed by atoms with Gasteiger partial charge in [-0.15, -0.1) is 0 Å². The van der Waals surface area contributed by atoms with E-state index in [0.717, 1.165) is 4.90 Å². The zero-order valence-electron chi connectivity index (χ0n) is 10.9. The lowest BCUT2D eigenvalue weighted by atomic mass is 9.99. The molecule has 1 aromatic carbocycles. The lowest BCUT2D eigenvalue weighted by Gasteiger charge is -2.16. The Bertz CT molecular complexity index is 620. The summed E-state index contributed by atoms with van der Waals surface area (Å²) in [5, 5.41) is 8.95. The predicted molar refractivity (Wildman–Crippen MR) is 62.5 cm³/mol. The molecule has 1 fully saturated rings. The first-order valence-electron chi connectivity index (χ1n) is 6.09. The van der Waals surface area contributed by atoms with E-state index >= 15 is 0 Å². The summed E-state index contributed by atoms with van der Waals surface area (Å²) in [5.41, 5.74) is -0.954. The molecule has 1 aromatic rings. The largest absolute Gasteiger partial charge is 0.481 e. The molecule has 0 spiro atoms. The van der Waals surface area contributed by atoms with Crippen LogP contribution in [0, 0.1) is 35.1 Å². The van der Waals surface area contributed by atoms with Crippen LogP contribution in [0.2, 0.25) is 0 Å². The second-order valence-electron chi connectivity index (χ2n) is 4.98. The fourth-order valence-corrected chi connectivity index (χ4v) is 2.35. The van der Waals surface area contributed by atoms with Gasteiger partial charge in [-0.2, -0.15) is 0 Å². The summed E-state index contributed by atoms with van der Waals surface area (Å²) in [5.74, 6) is -10.9. The molecule has 114 valence electrons. The molecule has 4 nitrogen and oxygen atoms in total. The van der Waals surface area contributed by atoms with Gasteiger partial charge in [-0.05, 0) is 12.0 Å². The van der Waals surface area contributed by atoms with Gasteiger partial charge in [0.05, 0.1) is 11.5 Å². The lowest BCUT2D eigenvalue weighted by molar-refractivity contribution is -0.142. The first-order valence-corrected chi connectivity index (χ1v) is 6.09. The average Bonchev–Trinajstić information content (AvgIpc) is 2.82. The minimum absolute atomic E-state index is 0.00978. The van der Waals surface area contributed by atoms with Crippen molar-refractivity contribution < 1.29 is 32.3 Å². The van der Waals surface area contributed by atoms with Crippen molar-refractivity contribution >= 4 is 11.9 Å². The smallest absolute Gasteiger partial charge is 0.308 e. The minimum Gasteiger partial charge on any atom is -0.481 e. The molecule has 1 aliphatic heterocycles. The van der Waals surface area contributed by atoms with E-state index in [-0.39, 0.29) is 25.1 Å². The third kappa shape index (κ3) is 2.57. The number of halogens is 4. The highest BCUT2D eigenvalue weighted by atomic mass is 19.2. The number of amides is 1. The van der Waals surface area contributed by atoms with Crippen LogP contribution in [-0.2, 0) is 4.79 Å². The molecule has 0 bridgehead atoms. The number of nitrogens with zero attached hydrogens (tertiary/aromatic N) is 1. The molecule has 1 saturated heterocycles. The van der Waals surface area contributed by atoms with Gasteiger partial charge in [0.2, 0.25) is 0 Å². The van der Waals surface area contributed by atoms with Crippen molar-refractivity contribution in [3.05, 3.63) is 34.9 Å². The van der Waals surface area contributed by atoms with E-state index in [4.69, 9.17) is 5.11 Å². The van der Waals surface area contributed by atoms with Crippen molar-refractivity contribution in [2.24, 2.45) is 11.8 Å². The van der Waals surface area contributed by atoms with Gasteiger partial charge in [-0.1, -0.05) is 6.92 Å². The van der Waals surface area contributed by atoms with Gasteiger partial charge in [-0.3, -0.25) is 9.59 Å². The predicted octanol–water partition coefficient (Wildman–Crippen LogP) is 2.04. The summed E-state index contributed by atoms with van der Waals surface area (Å²) >= 11 is 0. The third-order valence-electron chi connectivity index (χ3n) is 3.55. The number of hydrogen-bond donors (Lipinski definition) is 1. The monoisotopic (exact) mass is 305 g/mol. The van der Waals surface area contributed by atoms with Gasteiger partial charge in [0.15, 0.2) is 23.3 Å². The molecule has 0 aliphatic carbocycles. The Morgan fingerprint density at radius 3 is 2.29 bits per heavy atom. The van der Waals surface area contributed by atoms with Crippen LogP contribution in [0.15, 0.2) is 6.07 Å². The van der Waals surface area contributed by atoms with E-state index in [0.29, 0.717) is 0 Å². The Morgan fingerprint density at radius 1 is 1.14 bits per heavy atom. The molecule has 1 aliphatic rings. The standard InChI is InChI=1S/C13H11F4NO3/c1-5-3-18(4-7(5)13(20)21)12(19)6-2-8(14)10(16)11(17)9(6)15/h2,5,7H,3-4H2,1H3,(H,20,21). The number of aliphatic carboxylic acids is 1. The van der Waals surface area contributed by atoms with Crippen LogP contribution in [0.1, 0.15) is 17.3 Å². The fraction of sp³-hybridized carbons (Fsp3) is 0.385. The van der Waals surface area contributed by atoms with Crippen LogP contribution < -0.4 is 0 Å². The van der Waals surface area contributed by atoms with Gasteiger partial charge in [0, 0.05) is 13.1 Å². The van der Waals surface area contributed by atoms with Crippen molar-refractivity contribution in [2.45, 2.75) is 6.92 Å². The number of carbonyl (C=O) groups is 2. The van der Waals surface area contributed by atoms with Gasteiger partial charge in [-0.25, -0.2) is 17.6 Å². The van der Waals surface area contributed by atoms with Crippen LogP contribution in [0.4, 0.5) is 17.6 Å². The molecule has 2 rings (SSSR count). The summed E-state index contributed by atoms with van der Waals surface area (Å²) in [6.45, 7) is 1.40. The highest BCUT2D eigenvalue weighted by Crippen LogP contribution is 2.26. The summed E-state index contributed by atoms with van der Waals surface area (Å²) < 4.78 is 52.6. The highest BCUT2D eigenvalue weighted by Gasteiger charge is 2.38. The molecular weight excluding hydrogens is 294 g/mol. The molecule has 2 unspecified atom stereocenters. The number of carboxylic acids is 1. The third-order valence-corrected chi connectivity index (χ3v) is 3.55. The molecule has 2 atom stereocenters. The maximum Gasteiger partial charge on any atom is 0.308 e. The molecule has 0 radical (unpaired) electrons. The van der Waals surface area contributed by atoms with Gasteiger partial charge in [0.1, 0.15) is 0 Å². The van der Waals surface area contributed by atoms with Gasteiger partial charge in [0.25, 0.3) is 5.91 Å².